The summed E-state index contributed by atoms with van der Waals surface area (Å²) in [4.78, 5) is 31.5. The highest BCUT2D eigenvalue weighted by molar-refractivity contribution is 6.11. The van der Waals surface area contributed by atoms with Crippen LogP contribution in [-0.2, 0) is 11.3 Å². The van der Waals surface area contributed by atoms with Crippen molar-refractivity contribution in [2.75, 3.05) is 24.7 Å². The number of amides is 2. The zero-order valence-corrected chi connectivity index (χ0v) is 19.1. The summed E-state index contributed by atoms with van der Waals surface area (Å²) in [7, 11) is 4.01. The number of rotatable bonds is 7. The van der Waals surface area contributed by atoms with Gasteiger partial charge in [0, 0.05) is 35.3 Å². The Hall–Kier alpha value is -4.04. The average Bonchev–Trinajstić information content (AvgIpc) is 3.58. The van der Waals surface area contributed by atoms with E-state index in [0.29, 0.717) is 16.8 Å². The third-order valence-electron chi connectivity index (χ3n) is 5.75. The van der Waals surface area contributed by atoms with Gasteiger partial charge in [-0.2, -0.15) is 5.10 Å². The molecule has 8 nitrogen and oxygen atoms in total. The minimum atomic E-state index is -0.283. The second-order valence-electron chi connectivity index (χ2n) is 8.95. The van der Waals surface area contributed by atoms with Crippen LogP contribution < -0.4 is 10.6 Å². The fraction of sp³-hybridized carbons (Fsp3) is 0.231. The Labute approximate surface area is 197 Å². The maximum Gasteiger partial charge on any atom is 0.276 e. The Morgan fingerprint density at radius 1 is 1.00 bits per heavy atom. The number of aromatic amines is 1. The molecule has 1 fully saturated rings. The van der Waals surface area contributed by atoms with E-state index in [4.69, 9.17) is 0 Å². The van der Waals surface area contributed by atoms with Crippen LogP contribution in [0.1, 0.15) is 28.9 Å². The van der Waals surface area contributed by atoms with Gasteiger partial charge in [-0.25, -0.2) is 0 Å². The standard InChI is InChI=1S/C26H26N6O2/c1-32(2)15-16-4-3-5-20(10-16)28-26(34)24-22-12-18(8-9-23(22)30-31-24)19-11-21(14-27-13-19)29-25(33)17-6-7-17/h3-5,8-14,17H,6-7,15H2,1-2H3,(H,28,34)(H,29,33)(H,30,31). The molecule has 1 saturated carbocycles. The number of nitrogens with zero attached hydrogens (tertiary/aromatic N) is 3. The number of anilines is 2. The molecule has 0 atom stereocenters. The van der Waals surface area contributed by atoms with Crippen molar-refractivity contribution in [3.63, 3.8) is 0 Å². The van der Waals surface area contributed by atoms with Crippen LogP contribution in [0.25, 0.3) is 22.0 Å². The van der Waals surface area contributed by atoms with Gasteiger partial charge in [0.25, 0.3) is 5.91 Å². The van der Waals surface area contributed by atoms with Crippen LogP contribution in [-0.4, -0.2) is 46.0 Å². The summed E-state index contributed by atoms with van der Waals surface area (Å²) in [6, 6.07) is 15.4. The Kier molecular flexibility index (Phi) is 5.81. The SMILES string of the molecule is CN(C)Cc1cccc(NC(=O)c2n[nH]c3ccc(-c4cncc(NC(=O)C5CC5)c4)cc23)c1. The number of hydrogen-bond acceptors (Lipinski definition) is 5. The molecule has 0 bridgehead atoms. The average molecular weight is 455 g/mol. The number of hydrogen-bond donors (Lipinski definition) is 3. The Balaban J connectivity index is 1.39. The normalized spacial score (nSPS) is 13.3. The van der Waals surface area contributed by atoms with Gasteiger partial charge in [0.05, 0.1) is 17.4 Å². The summed E-state index contributed by atoms with van der Waals surface area (Å²) >= 11 is 0. The monoisotopic (exact) mass is 454 g/mol. The first-order valence-corrected chi connectivity index (χ1v) is 11.3. The topological polar surface area (TPSA) is 103 Å². The van der Waals surface area contributed by atoms with Crippen molar-refractivity contribution in [2.45, 2.75) is 19.4 Å². The van der Waals surface area contributed by atoms with Crippen molar-refractivity contribution in [1.82, 2.24) is 20.1 Å². The molecular formula is C26H26N6O2. The van der Waals surface area contributed by atoms with Gasteiger partial charge in [-0.1, -0.05) is 18.2 Å². The van der Waals surface area contributed by atoms with Crippen LogP contribution in [0.5, 0.6) is 0 Å². The van der Waals surface area contributed by atoms with Gasteiger partial charge in [0.15, 0.2) is 5.69 Å². The molecule has 4 aromatic rings. The third kappa shape index (κ3) is 4.82. The lowest BCUT2D eigenvalue weighted by Crippen LogP contribution is -2.14. The van der Waals surface area contributed by atoms with Gasteiger partial charge in [-0.15, -0.1) is 0 Å². The molecule has 0 spiro atoms. The molecule has 3 N–H and O–H groups in total. The first kappa shape index (κ1) is 21.8. The molecule has 5 rings (SSSR count). The van der Waals surface area contributed by atoms with Crippen molar-refractivity contribution in [2.24, 2.45) is 5.92 Å². The van der Waals surface area contributed by atoms with Gasteiger partial charge in [-0.05, 0) is 68.4 Å². The number of benzene rings is 2. The van der Waals surface area contributed by atoms with E-state index < -0.39 is 0 Å². The second-order valence-corrected chi connectivity index (χ2v) is 8.95. The molecular weight excluding hydrogens is 428 g/mol. The quantitative estimate of drug-likeness (QED) is 0.387. The minimum absolute atomic E-state index is 0.0397. The van der Waals surface area contributed by atoms with Crippen LogP contribution in [0.4, 0.5) is 11.4 Å². The summed E-state index contributed by atoms with van der Waals surface area (Å²) in [5.41, 5.74) is 5.31. The first-order valence-electron chi connectivity index (χ1n) is 11.3. The molecule has 0 aliphatic heterocycles. The van der Waals surface area contributed by atoms with Crippen molar-refractivity contribution in [1.29, 1.82) is 0 Å². The number of H-pyrrole nitrogens is 1. The molecule has 0 radical (unpaired) electrons. The first-order chi connectivity index (χ1) is 16.5. The molecule has 2 aromatic heterocycles. The van der Waals surface area contributed by atoms with Crippen LogP contribution in [0.15, 0.2) is 60.9 Å². The van der Waals surface area contributed by atoms with E-state index in [9.17, 15) is 9.59 Å². The third-order valence-corrected chi connectivity index (χ3v) is 5.75. The molecule has 0 saturated heterocycles. The smallest absolute Gasteiger partial charge is 0.276 e. The van der Waals surface area contributed by atoms with Crippen molar-refractivity contribution in [3.8, 4) is 11.1 Å². The van der Waals surface area contributed by atoms with Crippen LogP contribution in [0.2, 0.25) is 0 Å². The van der Waals surface area contributed by atoms with E-state index in [1.54, 1.807) is 12.4 Å². The predicted octanol–water partition coefficient (Wildman–Crippen LogP) is 4.29. The predicted molar refractivity (Wildman–Crippen MR) is 132 cm³/mol. The Bertz CT molecular complexity index is 1370. The Morgan fingerprint density at radius 2 is 1.85 bits per heavy atom. The lowest BCUT2D eigenvalue weighted by molar-refractivity contribution is -0.117. The van der Waals surface area contributed by atoms with Gasteiger partial charge < -0.3 is 15.5 Å². The summed E-state index contributed by atoms with van der Waals surface area (Å²) in [5.74, 6) is -0.123. The maximum atomic E-state index is 13.1. The van der Waals surface area contributed by atoms with E-state index in [1.165, 1.54) is 0 Å². The molecule has 2 aromatic carbocycles. The minimum Gasteiger partial charge on any atom is -0.324 e. The molecule has 172 valence electrons. The van der Waals surface area contributed by atoms with E-state index in [1.807, 2.05) is 62.6 Å². The highest BCUT2D eigenvalue weighted by Crippen LogP contribution is 2.31. The van der Waals surface area contributed by atoms with Crippen LogP contribution >= 0.6 is 0 Å². The number of carbonyl (C=O) groups excluding carboxylic acids is 2. The van der Waals surface area contributed by atoms with Gasteiger partial charge in [0.2, 0.25) is 5.91 Å². The zero-order valence-electron chi connectivity index (χ0n) is 19.1. The highest BCUT2D eigenvalue weighted by Gasteiger charge is 2.29. The molecule has 2 amide bonds. The lowest BCUT2D eigenvalue weighted by Gasteiger charge is -2.11. The summed E-state index contributed by atoms with van der Waals surface area (Å²) in [6.07, 6.45) is 5.27. The number of fused-ring (bicyclic) bond motifs is 1. The fourth-order valence-electron chi connectivity index (χ4n) is 3.93. The number of nitrogens with one attached hydrogen (secondary N) is 3. The van der Waals surface area contributed by atoms with Crippen LogP contribution in [0, 0.1) is 5.92 Å². The van der Waals surface area contributed by atoms with Crippen molar-refractivity contribution < 1.29 is 9.59 Å². The lowest BCUT2D eigenvalue weighted by atomic mass is 10.0. The highest BCUT2D eigenvalue weighted by atomic mass is 16.2. The van der Waals surface area contributed by atoms with Crippen LogP contribution in [0.3, 0.4) is 0 Å². The molecule has 8 heteroatoms. The number of carbonyl (C=O) groups is 2. The van der Waals surface area contributed by atoms with E-state index >= 15 is 0 Å². The summed E-state index contributed by atoms with van der Waals surface area (Å²) < 4.78 is 0. The van der Waals surface area contributed by atoms with Gasteiger partial charge in [-0.3, -0.25) is 19.7 Å². The molecule has 34 heavy (non-hydrogen) atoms. The van der Waals surface area contributed by atoms with Gasteiger partial charge >= 0.3 is 0 Å². The number of aromatic nitrogens is 3. The molecule has 1 aliphatic rings. The van der Waals surface area contributed by atoms with E-state index in [0.717, 1.165) is 47.3 Å². The van der Waals surface area contributed by atoms with E-state index in [-0.39, 0.29) is 17.7 Å². The summed E-state index contributed by atoms with van der Waals surface area (Å²) in [5, 5.41) is 13.8. The van der Waals surface area contributed by atoms with Crippen molar-refractivity contribution >= 4 is 34.1 Å². The number of pyridine rings is 1. The fourth-order valence-corrected chi connectivity index (χ4v) is 3.93. The van der Waals surface area contributed by atoms with E-state index in [2.05, 4.69) is 30.7 Å². The largest absolute Gasteiger partial charge is 0.324 e. The molecule has 1 aliphatic carbocycles. The summed E-state index contributed by atoms with van der Waals surface area (Å²) in [6.45, 7) is 0.784. The molecule has 2 heterocycles. The van der Waals surface area contributed by atoms with Crippen molar-refractivity contribution in [3.05, 3.63) is 72.2 Å². The second kappa shape index (κ2) is 9.07. The Morgan fingerprint density at radius 3 is 2.65 bits per heavy atom. The van der Waals surface area contributed by atoms with Gasteiger partial charge in [0.1, 0.15) is 0 Å². The maximum absolute atomic E-state index is 13.1. The molecule has 0 unspecified atom stereocenters. The zero-order chi connectivity index (χ0) is 23.7.